The first-order valence-electron chi connectivity index (χ1n) is 10.7. The van der Waals surface area contributed by atoms with Crippen molar-refractivity contribution in [3.05, 3.63) is 92.9 Å². The topological polar surface area (TPSA) is 79.7 Å². The van der Waals surface area contributed by atoms with Crippen LogP contribution in [0, 0.1) is 0 Å². The second-order valence-corrected chi connectivity index (χ2v) is 10.1. The minimum atomic E-state index is -0.856. The fourth-order valence-corrected chi connectivity index (χ4v) is 5.42. The maximum absolute atomic E-state index is 13.3. The van der Waals surface area contributed by atoms with Gasteiger partial charge in [-0.2, -0.15) is 0 Å². The van der Waals surface area contributed by atoms with Crippen LogP contribution in [0.2, 0.25) is 5.02 Å². The summed E-state index contributed by atoms with van der Waals surface area (Å²) in [5.41, 5.74) is 1.73. The summed E-state index contributed by atoms with van der Waals surface area (Å²) >= 11 is 10.7. The summed E-state index contributed by atoms with van der Waals surface area (Å²) in [6, 6.07) is 18.4. The molecule has 176 valence electrons. The average molecular weight is 570 g/mol. The summed E-state index contributed by atoms with van der Waals surface area (Å²) in [6.45, 7) is 2.43. The highest BCUT2D eigenvalue weighted by atomic mass is 79.9. The summed E-state index contributed by atoms with van der Waals surface area (Å²) in [6.07, 6.45) is 0. The molecule has 0 saturated carbocycles. The first-order chi connectivity index (χ1) is 16.9. The number of amides is 1. The van der Waals surface area contributed by atoms with Gasteiger partial charge < -0.3 is 9.84 Å². The molecule has 1 fully saturated rings. The highest BCUT2D eigenvalue weighted by Crippen LogP contribution is 2.44. The fraction of sp³-hybridized carbons (Fsp3) is 0.115. The molecule has 0 bridgehead atoms. The van der Waals surface area contributed by atoms with Gasteiger partial charge in [0.2, 0.25) is 0 Å². The molecule has 0 spiro atoms. The molecule has 1 saturated heterocycles. The third kappa shape index (κ3) is 4.33. The first kappa shape index (κ1) is 23.5. The van der Waals surface area contributed by atoms with Crippen LogP contribution in [0.1, 0.15) is 24.1 Å². The molecule has 0 unspecified atom stereocenters. The molecule has 1 aromatic heterocycles. The van der Waals surface area contributed by atoms with Crippen LogP contribution in [0.3, 0.4) is 0 Å². The van der Waals surface area contributed by atoms with Crippen LogP contribution in [-0.4, -0.2) is 28.4 Å². The number of hydrogen-bond acceptors (Lipinski definition) is 6. The molecule has 1 N–H and O–H groups in total. The molecule has 2 heterocycles. The normalized spacial score (nSPS) is 17.3. The van der Waals surface area contributed by atoms with Crippen molar-refractivity contribution < 1.29 is 19.4 Å². The number of ketones is 1. The van der Waals surface area contributed by atoms with Crippen molar-refractivity contribution in [2.75, 3.05) is 11.5 Å². The summed E-state index contributed by atoms with van der Waals surface area (Å²) < 4.78 is 7.25. The Kier molecular flexibility index (Phi) is 6.35. The van der Waals surface area contributed by atoms with Gasteiger partial charge in [-0.25, -0.2) is 4.98 Å². The number of aromatic nitrogens is 1. The number of benzene rings is 3. The van der Waals surface area contributed by atoms with E-state index in [4.69, 9.17) is 16.3 Å². The van der Waals surface area contributed by atoms with E-state index < -0.39 is 17.7 Å². The number of hydrogen-bond donors (Lipinski definition) is 1. The van der Waals surface area contributed by atoms with Gasteiger partial charge in [0.1, 0.15) is 11.5 Å². The lowest BCUT2D eigenvalue weighted by Crippen LogP contribution is -2.29. The van der Waals surface area contributed by atoms with E-state index in [1.54, 1.807) is 24.3 Å². The van der Waals surface area contributed by atoms with Crippen LogP contribution in [0.4, 0.5) is 5.13 Å². The lowest BCUT2D eigenvalue weighted by Gasteiger charge is -2.23. The molecule has 1 aliphatic heterocycles. The van der Waals surface area contributed by atoms with Crippen LogP contribution >= 0.6 is 38.9 Å². The van der Waals surface area contributed by atoms with E-state index in [-0.39, 0.29) is 11.3 Å². The van der Waals surface area contributed by atoms with Crippen LogP contribution in [0.5, 0.6) is 5.75 Å². The number of Topliss-reactive ketones (excluding diaryl/α,β-unsaturated/α-hetero) is 1. The first-order valence-corrected chi connectivity index (χ1v) is 12.7. The molecule has 6 nitrogen and oxygen atoms in total. The van der Waals surface area contributed by atoms with E-state index >= 15 is 0 Å². The van der Waals surface area contributed by atoms with Crippen molar-refractivity contribution in [3.63, 3.8) is 0 Å². The zero-order valence-electron chi connectivity index (χ0n) is 18.4. The molecule has 5 rings (SSSR count). The van der Waals surface area contributed by atoms with Gasteiger partial charge in [-0.05, 0) is 67.1 Å². The van der Waals surface area contributed by atoms with E-state index in [9.17, 15) is 14.7 Å². The molecule has 3 aromatic carbocycles. The Balaban J connectivity index is 1.69. The fourth-order valence-electron chi connectivity index (χ4n) is 4.01. The van der Waals surface area contributed by atoms with Crippen molar-refractivity contribution in [3.8, 4) is 5.75 Å². The van der Waals surface area contributed by atoms with Crippen LogP contribution in [0.25, 0.3) is 16.0 Å². The third-order valence-electron chi connectivity index (χ3n) is 5.61. The van der Waals surface area contributed by atoms with Crippen molar-refractivity contribution in [2.24, 2.45) is 0 Å². The number of thiazole rings is 1. The number of carbonyl (C=O) groups excluding carboxylic acids is 2. The predicted octanol–water partition coefficient (Wildman–Crippen LogP) is 6.74. The van der Waals surface area contributed by atoms with Gasteiger partial charge in [0.15, 0.2) is 5.13 Å². The number of anilines is 1. The van der Waals surface area contributed by atoms with Crippen LogP contribution in [0.15, 0.2) is 76.8 Å². The second kappa shape index (κ2) is 9.45. The van der Waals surface area contributed by atoms with Gasteiger partial charge in [0, 0.05) is 15.1 Å². The van der Waals surface area contributed by atoms with Crippen molar-refractivity contribution in [2.45, 2.75) is 13.0 Å². The number of nitrogens with zero attached hydrogens (tertiary/aromatic N) is 2. The van der Waals surface area contributed by atoms with Gasteiger partial charge in [0.05, 0.1) is 28.4 Å². The molecule has 1 atom stereocenters. The summed E-state index contributed by atoms with van der Waals surface area (Å²) in [5.74, 6) is -1.10. The maximum Gasteiger partial charge on any atom is 0.301 e. The molecular weight excluding hydrogens is 552 g/mol. The van der Waals surface area contributed by atoms with Crippen LogP contribution < -0.4 is 9.64 Å². The van der Waals surface area contributed by atoms with E-state index in [1.165, 1.54) is 16.2 Å². The SMILES string of the molecule is CCOc1ccc2nc(N3C(=O)C(=O)C(=C(O)c4ccc(Cl)cc4)[C@H]3c3ccc(Br)cc3)sc2c1. The zero-order chi connectivity index (χ0) is 24.7. The Morgan fingerprint density at radius 2 is 1.83 bits per heavy atom. The maximum atomic E-state index is 13.3. The molecule has 4 aromatic rings. The molecular formula is C26H18BrClN2O4S. The third-order valence-corrected chi connectivity index (χ3v) is 7.41. The number of fused-ring (bicyclic) bond motifs is 1. The quantitative estimate of drug-likeness (QED) is 0.164. The summed E-state index contributed by atoms with van der Waals surface area (Å²) in [4.78, 5) is 32.6. The Hall–Kier alpha value is -3.20. The van der Waals surface area contributed by atoms with Gasteiger partial charge >= 0.3 is 5.91 Å². The average Bonchev–Trinajstić information content (AvgIpc) is 3.38. The Morgan fingerprint density at radius 1 is 1.11 bits per heavy atom. The van der Waals surface area contributed by atoms with E-state index in [0.717, 1.165) is 9.17 Å². The highest BCUT2D eigenvalue weighted by molar-refractivity contribution is 9.10. The molecule has 1 amide bonds. The number of rotatable bonds is 5. The van der Waals surface area contributed by atoms with Gasteiger partial charge in [0.25, 0.3) is 5.78 Å². The summed E-state index contributed by atoms with van der Waals surface area (Å²) in [7, 11) is 0. The molecule has 1 aliphatic rings. The Labute approximate surface area is 218 Å². The number of halogens is 2. The lowest BCUT2D eigenvalue weighted by atomic mass is 9.95. The molecule has 0 aliphatic carbocycles. The number of aliphatic hydroxyl groups excluding tert-OH is 1. The zero-order valence-corrected chi connectivity index (χ0v) is 21.5. The largest absolute Gasteiger partial charge is 0.507 e. The standard InChI is InChI=1S/C26H18BrClN2O4S/c1-2-34-18-11-12-19-20(13-18)35-26(29-19)30-22(14-3-7-16(27)8-4-14)21(24(32)25(30)33)23(31)15-5-9-17(28)10-6-15/h3-13,22,31H,2H2,1H3/t22-/m1/s1. The van der Waals surface area contributed by atoms with Crippen molar-refractivity contribution in [1.29, 1.82) is 0 Å². The minimum absolute atomic E-state index is 0.00564. The second-order valence-electron chi connectivity index (χ2n) is 7.79. The number of ether oxygens (including phenoxy) is 1. The van der Waals surface area contributed by atoms with E-state index in [1.807, 2.05) is 49.4 Å². The highest BCUT2D eigenvalue weighted by Gasteiger charge is 2.48. The lowest BCUT2D eigenvalue weighted by molar-refractivity contribution is -0.132. The predicted molar refractivity (Wildman–Crippen MR) is 141 cm³/mol. The van der Waals surface area contributed by atoms with Gasteiger partial charge in [-0.15, -0.1) is 0 Å². The minimum Gasteiger partial charge on any atom is -0.507 e. The number of carbonyl (C=O) groups is 2. The summed E-state index contributed by atoms with van der Waals surface area (Å²) in [5, 5.41) is 12.0. The Bertz CT molecular complexity index is 1480. The van der Waals surface area contributed by atoms with E-state index in [0.29, 0.717) is 39.2 Å². The molecule has 0 radical (unpaired) electrons. The van der Waals surface area contributed by atoms with Crippen molar-refractivity contribution in [1.82, 2.24) is 4.98 Å². The van der Waals surface area contributed by atoms with Crippen LogP contribution in [-0.2, 0) is 9.59 Å². The van der Waals surface area contributed by atoms with Gasteiger partial charge in [-0.1, -0.05) is 51.0 Å². The number of aliphatic hydroxyl groups is 1. The smallest absolute Gasteiger partial charge is 0.301 e. The monoisotopic (exact) mass is 568 g/mol. The van der Waals surface area contributed by atoms with Gasteiger partial charge in [-0.3, -0.25) is 14.5 Å². The van der Waals surface area contributed by atoms with Crippen molar-refractivity contribution >= 4 is 71.7 Å². The Morgan fingerprint density at radius 3 is 2.51 bits per heavy atom. The molecule has 35 heavy (non-hydrogen) atoms. The van der Waals surface area contributed by atoms with E-state index in [2.05, 4.69) is 20.9 Å². The molecule has 9 heteroatoms.